The maximum atomic E-state index is 6.06. The van der Waals surface area contributed by atoms with Crippen LogP contribution >= 0.6 is 35.3 Å². The first-order valence-electron chi connectivity index (χ1n) is 4.91. The third kappa shape index (κ3) is 3.33. The van der Waals surface area contributed by atoms with Gasteiger partial charge in [0, 0.05) is 25.7 Å². The first-order valence-corrected chi connectivity index (χ1v) is 6.17. The van der Waals surface area contributed by atoms with E-state index < -0.39 is 0 Å². The summed E-state index contributed by atoms with van der Waals surface area (Å²) in [5, 5.41) is 5.37. The summed E-state index contributed by atoms with van der Waals surface area (Å²) < 4.78 is 0.943. The molecule has 0 saturated carbocycles. The highest BCUT2D eigenvalue weighted by molar-refractivity contribution is 7.14. The maximum absolute atomic E-state index is 6.06. The zero-order valence-corrected chi connectivity index (χ0v) is 11.1. The normalized spacial score (nSPS) is 21.6. The number of hydrogen-bond donors (Lipinski definition) is 1. The molecule has 1 aliphatic heterocycles. The zero-order chi connectivity index (χ0) is 9.97. The molecule has 0 aromatic carbocycles. The van der Waals surface area contributed by atoms with E-state index in [2.05, 4.69) is 21.7 Å². The van der Waals surface area contributed by atoms with Crippen LogP contribution in [0.1, 0.15) is 12.0 Å². The predicted molar refractivity (Wildman–Crippen MR) is 69.3 cm³/mol. The Kier molecular flexibility index (Phi) is 5.36. The number of nitrogens with zero attached hydrogens (tertiary/aromatic N) is 1. The van der Waals surface area contributed by atoms with E-state index >= 15 is 0 Å². The highest BCUT2D eigenvalue weighted by Crippen LogP contribution is 2.25. The third-order valence-corrected chi connectivity index (χ3v) is 4.02. The van der Waals surface area contributed by atoms with Crippen LogP contribution in [0.3, 0.4) is 0 Å². The van der Waals surface area contributed by atoms with Crippen molar-refractivity contribution in [2.75, 3.05) is 20.1 Å². The van der Waals surface area contributed by atoms with E-state index in [0.717, 1.165) is 17.4 Å². The molecule has 0 radical (unpaired) electrons. The van der Waals surface area contributed by atoms with E-state index in [1.54, 1.807) is 11.3 Å². The van der Waals surface area contributed by atoms with Crippen molar-refractivity contribution in [2.45, 2.75) is 19.0 Å². The van der Waals surface area contributed by atoms with Crippen LogP contribution in [0.15, 0.2) is 11.4 Å². The average molecular weight is 267 g/mol. The molecule has 1 atom stereocenters. The lowest BCUT2D eigenvalue weighted by molar-refractivity contribution is 0.323. The summed E-state index contributed by atoms with van der Waals surface area (Å²) in [5.74, 6) is 0. The molecule has 0 amide bonds. The Morgan fingerprint density at radius 2 is 2.47 bits per heavy atom. The summed E-state index contributed by atoms with van der Waals surface area (Å²) in [6.45, 7) is 3.32. The van der Waals surface area contributed by atoms with Crippen molar-refractivity contribution in [3.8, 4) is 0 Å². The van der Waals surface area contributed by atoms with E-state index in [1.165, 1.54) is 18.5 Å². The fourth-order valence-electron chi connectivity index (χ4n) is 1.88. The van der Waals surface area contributed by atoms with Gasteiger partial charge in [-0.3, -0.25) is 4.90 Å². The molecule has 1 saturated heterocycles. The van der Waals surface area contributed by atoms with Crippen LogP contribution in [0.2, 0.25) is 4.34 Å². The summed E-state index contributed by atoms with van der Waals surface area (Å²) in [4.78, 5) is 2.45. The Hall–Kier alpha value is 0.200. The van der Waals surface area contributed by atoms with Gasteiger partial charge in [-0.2, -0.15) is 0 Å². The zero-order valence-electron chi connectivity index (χ0n) is 8.70. The van der Waals surface area contributed by atoms with Crippen LogP contribution in [0, 0.1) is 0 Å². The van der Waals surface area contributed by atoms with Gasteiger partial charge in [-0.05, 0) is 30.5 Å². The van der Waals surface area contributed by atoms with E-state index in [9.17, 15) is 0 Å². The Bertz CT molecular complexity index is 303. The summed E-state index contributed by atoms with van der Waals surface area (Å²) in [6, 6.07) is 2.78. The quantitative estimate of drug-likeness (QED) is 0.905. The largest absolute Gasteiger partial charge is 0.316 e. The first-order chi connectivity index (χ1) is 6.79. The molecule has 0 bridgehead atoms. The van der Waals surface area contributed by atoms with Crippen molar-refractivity contribution in [1.82, 2.24) is 10.2 Å². The lowest BCUT2D eigenvalue weighted by atomic mass is 10.3. The van der Waals surface area contributed by atoms with Crippen molar-refractivity contribution in [3.05, 3.63) is 21.3 Å². The Morgan fingerprint density at radius 3 is 3.00 bits per heavy atom. The van der Waals surface area contributed by atoms with Gasteiger partial charge in [0.2, 0.25) is 0 Å². The van der Waals surface area contributed by atoms with Crippen LogP contribution < -0.4 is 5.32 Å². The van der Waals surface area contributed by atoms with Gasteiger partial charge >= 0.3 is 0 Å². The topological polar surface area (TPSA) is 15.3 Å². The summed E-state index contributed by atoms with van der Waals surface area (Å²) >= 11 is 7.68. The Labute approximate surface area is 106 Å². The number of nitrogens with one attached hydrogen (secondary N) is 1. The summed E-state index contributed by atoms with van der Waals surface area (Å²) in [7, 11) is 2.03. The average Bonchev–Trinajstić information content (AvgIpc) is 2.77. The fraction of sp³-hybridized carbons (Fsp3) is 0.600. The van der Waals surface area contributed by atoms with E-state index in [-0.39, 0.29) is 12.4 Å². The summed E-state index contributed by atoms with van der Waals surface area (Å²) in [5.41, 5.74) is 1.27. The van der Waals surface area contributed by atoms with Crippen LogP contribution in [0.4, 0.5) is 0 Å². The second-order valence-electron chi connectivity index (χ2n) is 3.73. The molecular formula is C10H16Cl2N2S. The molecule has 0 spiro atoms. The monoisotopic (exact) mass is 266 g/mol. The molecule has 2 rings (SSSR count). The highest BCUT2D eigenvalue weighted by atomic mass is 35.5. The molecule has 15 heavy (non-hydrogen) atoms. The molecule has 2 heterocycles. The molecule has 86 valence electrons. The van der Waals surface area contributed by atoms with Crippen molar-refractivity contribution in [3.63, 3.8) is 0 Å². The van der Waals surface area contributed by atoms with Crippen LogP contribution in [-0.4, -0.2) is 31.1 Å². The van der Waals surface area contributed by atoms with Gasteiger partial charge in [-0.1, -0.05) is 11.6 Å². The lowest BCUT2D eigenvalue weighted by Crippen LogP contribution is -2.29. The number of likely N-dealkylation sites (N-methyl/N-ethyl adjacent to an activating group) is 1. The molecule has 1 fully saturated rings. The number of hydrogen-bond acceptors (Lipinski definition) is 3. The van der Waals surface area contributed by atoms with E-state index in [0.29, 0.717) is 6.04 Å². The fourth-order valence-corrected chi connectivity index (χ4v) is 2.80. The second-order valence-corrected chi connectivity index (χ2v) is 5.25. The summed E-state index contributed by atoms with van der Waals surface area (Å²) in [6.07, 6.45) is 1.25. The number of halogens is 2. The van der Waals surface area contributed by atoms with Crippen molar-refractivity contribution in [1.29, 1.82) is 0 Å². The molecule has 2 nitrogen and oxygen atoms in total. The molecule has 1 N–H and O–H groups in total. The minimum Gasteiger partial charge on any atom is -0.316 e. The van der Waals surface area contributed by atoms with Crippen molar-refractivity contribution in [2.24, 2.45) is 0 Å². The third-order valence-electron chi connectivity index (χ3n) is 2.77. The van der Waals surface area contributed by atoms with Gasteiger partial charge in [0.15, 0.2) is 0 Å². The van der Waals surface area contributed by atoms with Gasteiger partial charge in [-0.15, -0.1) is 23.7 Å². The number of thiophene rings is 1. The standard InChI is InChI=1S/C10H15ClN2S.ClH/c1-12-9-2-4-13(7-9)6-8-3-5-14-10(8)11;/h3,5,9,12H,2,4,6-7H2,1H3;1H. The minimum absolute atomic E-state index is 0. The van der Waals surface area contributed by atoms with Gasteiger partial charge in [0.1, 0.15) is 0 Å². The Morgan fingerprint density at radius 1 is 1.67 bits per heavy atom. The van der Waals surface area contributed by atoms with Crippen LogP contribution in [0.5, 0.6) is 0 Å². The molecule has 5 heteroatoms. The van der Waals surface area contributed by atoms with Gasteiger partial charge in [-0.25, -0.2) is 0 Å². The number of likely N-dealkylation sites (tertiary alicyclic amines) is 1. The number of rotatable bonds is 3. The maximum Gasteiger partial charge on any atom is 0.0973 e. The molecule has 0 aliphatic carbocycles. The predicted octanol–water partition coefficient (Wildman–Crippen LogP) is 2.62. The molecular weight excluding hydrogens is 251 g/mol. The first kappa shape index (κ1) is 13.3. The van der Waals surface area contributed by atoms with Crippen LogP contribution in [0.25, 0.3) is 0 Å². The molecule has 1 aromatic heterocycles. The van der Waals surface area contributed by atoms with E-state index in [4.69, 9.17) is 11.6 Å². The smallest absolute Gasteiger partial charge is 0.0973 e. The second kappa shape index (κ2) is 6.06. The SMILES string of the molecule is CNC1CCN(Cc2ccsc2Cl)C1.Cl. The van der Waals surface area contributed by atoms with Crippen molar-refractivity contribution < 1.29 is 0 Å². The lowest BCUT2D eigenvalue weighted by Gasteiger charge is -2.15. The van der Waals surface area contributed by atoms with Crippen LogP contribution in [-0.2, 0) is 6.54 Å². The van der Waals surface area contributed by atoms with E-state index in [1.807, 2.05) is 7.05 Å². The van der Waals surface area contributed by atoms with Gasteiger partial charge in [0.05, 0.1) is 4.34 Å². The van der Waals surface area contributed by atoms with Crippen molar-refractivity contribution >= 4 is 35.3 Å². The van der Waals surface area contributed by atoms with Gasteiger partial charge in [0.25, 0.3) is 0 Å². The molecule has 1 aromatic rings. The van der Waals surface area contributed by atoms with Gasteiger partial charge < -0.3 is 5.32 Å². The Balaban J connectivity index is 0.00000112. The molecule has 1 unspecified atom stereocenters. The molecule has 1 aliphatic rings. The highest BCUT2D eigenvalue weighted by Gasteiger charge is 2.21. The minimum atomic E-state index is 0.